The van der Waals surface area contributed by atoms with Crippen LogP contribution in [0.5, 0.6) is 0 Å². The van der Waals surface area contributed by atoms with Gasteiger partial charge in [-0.25, -0.2) is 9.97 Å². The molecule has 0 bridgehead atoms. The summed E-state index contributed by atoms with van der Waals surface area (Å²) in [6.07, 6.45) is 3.40. The number of anilines is 1. The minimum Gasteiger partial charge on any atom is -0.368 e. The molecular weight excluding hydrogens is 230 g/mol. The lowest BCUT2D eigenvalue weighted by Gasteiger charge is -2.19. The zero-order valence-corrected chi connectivity index (χ0v) is 10.7. The molecule has 0 radical (unpaired) electrons. The van der Waals surface area contributed by atoms with Crippen molar-refractivity contribution in [3.63, 3.8) is 0 Å². The van der Waals surface area contributed by atoms with Gasteiger partial charge in [-0.3, -0.25) is 4.79 Å². The van der Waals surface area contributed by atoms with Gasteiger partial charge in [0.05, 0.1) is 11.8 Å². The van der Waals surface area contributed by atoms with Gasteiger partial charge in [-0.15, -0.1) is 0 Å². The largest absolute Gasteiger partial charge is 0.368 e. The number of nitrogens with one attached hydrogen (secondary N) is 1. The van der Waals surface area contributed by atoms with Crippen LogP contribution < -0.4 is 11.1 Å². The number of hydrogen-bond donors (Lipinski definition) is 2. The van der Waals surface area contributed by atoms with Crippen LogP contribution in [-0.2, 0) is 11.8 Å². The predicted molar refractivity (Wildman–Crippen MR) is 70.0 cm³/mol. The molecule has 1 atom stereocenters. The zero-order valence-electron chi connectivity index (χ0n) is 10.7. The van der Waals surface area contributed by atoms with Crippen molar-refractivity contribution in [2.24, 2.45) is 18.7 Å². The molecule has 0 aliphatic heterocycles. The molecule has 2 heterocycles. The monoisotopic (exact) mass is 247 g/mol. The summed E-state index contributed by atoms with van der Waals surface area (Å²) in [5.74, 6) is 0.286. The number of pyridine rings is 1. The van der Waals surface area contributed by atoms with E-state index in [1.165, 1.54) is 0 Å². The van der Waals surface area contributed by atoms with Crippen LogP contribution in [0.15, 0.2) is 18.6 Å². The Balaban J connectivity index is 2.39. The van der Waals surface area contributed by atoms with Crippen molar-refractivity contribution in [2.45, 2.75) is 19.9 Å². The summed E-state index contributed by atoms with van der Waals surface area (Å²) in [5.41, 5.74) is 7.08. The summed E-state index contributed by atoms with van der Waals surface area (Å²) in [5, 5.41) is 3.07. The first-order valence-corrected chi connectivity index (χ1v) is 5.82. The molecule has 6 heteroatoms. The highest BCUT2D eigenvalue weighted by molar-refractivity contribution is 5.89. The Bertz CT molecular complexity index is 575. The first-order chi connectivity index (χ1) is 8.50. The molecule has 18 heavy (non-hydrogen) atoms. The lowest BCUT2D eigenvalue weighted by molar-refractivity contribution is -0.119. The van der Waals surface area contributed by atoms with Crippen molar-refractivity contribution >= 4 is 22.8 Å². The molecule has 0 aliphatic carbocycles. The standard InChI is InChI=1S/C12H17N5O/c1-7(2)9(11(13)18)16-12-10-8(4-5-14-12)17(3)6-15-10/h4-7,9H,1-3H3,(H2,13,18)(H,14,16). The van der Waals surface area contributed by atoms with Crippen LogP contribution in [0.25, 0.3) is 11.0 Å². The molecular formula is C12H17N5O. The predicted octanol–water partition coefficient (Wildman–Crippen LogP) is 0.890. The number of nitrogens with two attached hydrogens (primary N) is 1. The summed E-state index contributed by atoms with van der Waals surface area (Å²) in [4.78, 5) is 19.9. The molecule has 96 valence electrons. The molecule has 1 amide bonds. The van der Waals surface area contributed by atoms with E-state index >= 15 is 0 Å². The minimum absolute atomic E-state index is 0.0864. The molecule has 2 aromatic rings. The molecule has 0 saturated carbocycles. The molecule has 0 saturated heterocycles. The van der Waals surface area contributed by atoms with Gasteiger partial charge in [0, 0.05) is 13.2 Å². The molecule has 0 aliphatic rings. The van der Waals surface area contributed by atoms with Crippen molar-refractivity contribution in [3.05, 3.63) is 18.6 Å². The third-order valence-electron chi connectivity index (χ3n) is 2.91. The van der Waals surface area contributed by atoms with Crippen LogP contribution in [0, 0.1) is 5.92 Å². The zero-order chi connectivity index (χ0) is 13.3. The summed E-state index contributed by atoms with van der Waals surface area (Å²) in [7, 11) is 1.91. The second kappa shape index (κ2) is 4.64. The van der Waals surface area contributed by atoms with E-state index in [-0.39, 0.29) is 11.8 Å². The number of aromatic nitrogens is 3. The highest BCUT2D eigenvalue weighted by atomic mass is 16.1. The Morgan fingerprint density at radius 2 is 2.17 bits per heavy atom. The van der Waals surface area contributed by atoms with Crippen molar-refractivity contribution in [2.75, 3.05) is 5.32 Å². The quantitative estimate of drug-likeness (QED) is 0.840. The smallest absolute Gasteiger partial charge is 0.240 e. The number of hydrogen-bond acceptors (Lipinski definition) is 4. The van der Waals surface area contributed by atoms with Gasteiger partial charge in [-0.05, 0) is 12.0 Å². The summed E-state index contributed by atoms with van der Waals surface area (Å²) in [6.45, 7) is 3.86. The van der Waals surface area contributed by atoms with E-state index in [0.29, 0.717) is 5.82 Å². The summed E-state index contributed by atoms with van der Waals surface area (Å²) in [6, 6.07) is 1.42. The highest BCUT2D eigenvalue weighted by Gasteiger charge is 2.21. The highest BCUT2D eigenvalue weighted by Crippen LogP contribution is 2.20. The van der Waals surface area contributed by atoms with Crippen molar-refractivity contribution in [3.8, 4) is 0 Å². The van der Waals surface area contributed by atoms with Crippen molar-refractivity contribution < 1.29 is 4.79 Å². The molecule has 0 aromatic carbocycles. The van der Waals surface area contributed by atoms with Crippen LogP contribution in [0.4, 0.5) is 5.82 Å². The van der Waals surface area contributed by atoms with E-state index < -0.39 is 6.04 Å². The number of amides is 1. The normalized spacial score (nSPS) is 12.9. The van der Waals surface area contributed by atoms with E-state index in [1.54, 1.807) is 12.5 Å². The third-order valence-corrected chi connectivity index (χ3v) is 2.91. The fourth-order valence-electron chi connectivity index (χ4n) is 1.88. The Morgan fingerprint density at radius 1 is 1.44 bits per heavy atom. The van der Waals surface area contributed by atoms with Crippen LogP contribution in [-0.4, -0.2) is 26.5 Å². The number of nitrogens with zero attached hydrogens (tertiary/aromatic N) is 3. The Kier molecular flexibility index (Phi) is 3.18. The first-order valence-electron chi connectivity index (χ1n) is 5.82. The maximum absolute atomic E-state index is 11.4. The van der Waals surface area contributed by atoms with Gasteiger partial charge >= 0.3 is 0 Å². The Hall–Kier alpha value is -2.11. The number of carbonyl (C=O) groups excluding carboxylic acids is 1. The van der Waals surface area contributed by atoms with E-state index in [1.807, 2.05) is 31.5 Å². The molecule has 0 spiro atoms. The van der Waals surface area contributed by atoms with Gasteiger partial charge in [0.2, 0.25) is 5.91 Å². The number of aryl methyl sites for hydroxylation is 1. The van der Waals surface area contributed by atoms with Gasteiger partial charge in [-0.2, -0.15) is 0 Å². The van der Waals surface area contributed by atoms with Crippen molar-refractivity contribution in [1.29, 1.82) is 0 Å². The van der Waals surface area contributed by atoms with Crippen LogP contribution in [0.1, 0.15) is 13.8 Å². The molecule has 3 N–H and O–H groups in total. The topological polar surface area (TPSA) is 85.8 Å². The number of carbonyl (C=O) groups is 1. The van der Waals surface area contributed by atoms with Crippen molar-refractivity contribution in [1.82, 2.24) is 14.5 Å². The SMILES string of the molecule is CC(C)C(Nc1nccc2c1ncn2C)C(N)=O. The molecule has 2 aromatic heterocycles. The van der Waals surface area contributed by atoms with Gasteiger partial charge in [-0.1, -0.05) is 13.8 Å². The maximum atomic E-state index is 11.4. The second-order valence-electron chi connectivity index (χ2n) is 4.65. The average molecular weight is 247 g/mol. The van der Waals surface area contributed by atoms with Gasteiger partial charge in [0.15, 0.2) is 5.82 Å². The number of rotatable bonds is 4. The molecule has 2 rings (SSSR count). The van der Waals surface area contributed by atoms with Crippen LogP contribution in [0.3, 0.4) is 0 Å². The minimum atomic E-state index is -0.454. The number of imidazole rings is 1. The lowest BCUT2D eigenvalue weighted by Crippen LogP contribution is -2.39. The van der Waals surface area contributed by atoms with E-state index in [9.17, 15) is 4.79 Å². The molecule has 0 fully saturated rings. The fraction of sp³-hybridized carbons (Fsp3) is 0.417. The molecule has 1 unspecified atom stereocenters. The van der Waals surface area contributed by atoms with Crippen LogP contribution >= 0.6 is 0 Å². The van der Waals surface area contributed by atoms with Crippen LogP contribution in [0.2, 0.25) is 0 Å². The molecule has 6 nitrogen and oxygen atoms in total. The summed E-state index contributed by atoms with van der Waals surface area (Å²) < 4.78 is 1.90. The third kappa shape index (κ3) is 2.13. The van der Waals surface area contributed by atoms with E-state index in [0.717, 1.165) is 11.0 Å². The first kappa shape index (κ1) is 12.3. The Labute approximate surface area is 105 Å². The van der Waals surface area contributed by atoms with Gasteiger partial charge in [0.1, 0.15) is 11.6 Å². The van der Waals surface area contributed by atoms with E-state index in [4.69, 9.17) is 5.73 Å². The number of primary amides is 1. The van der Waals surface area contributed by atoms with Gasteiger partial charge in [0.25, 0.3) is 0 Å². The lowest BCUT2D eigenvalue weighted by atomic mass is 10.0. The summed E-state index contributed by atoms with van der Waals surface area (Å²) >= 11 is 0. The van der Waals surface area contributed by atoms with E-state index in [2.05, 4.69) is 15.3 Å². The maximum Gasteiger partial charge on any atom is 0.240 e. The second-order valence-corrected chi connectivity index (χ2v) is 4.65. The number of fused-ring (bicyclic) bond motifs is 1. The Morgan fingerprint density at radius 3 is 2.78 bits per heavy atom. The average Bonchev–Trinajstić information content (AvgIpc) is 2.68. The van der Waals surface area contributed by atoms with Gasteiger partial charge < -0.3 is 15.6 Å². The fourth-order valence-corrected chi connectivity index (χ4v) is 1.88.